The van der Waals surface area contributed by atoms with E-state index in [1.165, 1.54) is 0 Å². The minimum atomic E-state index is 0.158. The monoisotopic (exact) mass is 235 g/mol. The van der Waals surface area contributed by atoms with Crippen LogP contribution < -0.4 is 5.32 Å². The lowest BCUT2D eigenvalue weighted by Gasteiger charge is -2.21. The first-order valence-electron chi connectivity index (χ1n) is 5.74. The molecule has 0 aliphatic carbocycles. The fourth-order valence-corrected chi connectivity index (χ4v) is 1.75. The molecule has 6 heteroatoms. The number of hydrogen-bond acceptors (Lipinski definition) is 5. The number of nitrogens with zero attached hydrogens (tertiary/aromatic N) is 4. The lowest BCUT2D eigenvalue weighted by molar-refractivity contribution is 0.267. The van der Waals surface area contributed by atoms with E-state index in [9.17, 15) is 0 Å². The molecule has 2 N–H and O–H groups in total. The van der Waals surface area contributed by atoms with Gasteiger partial charge in [0.15, 0.2) is 5.82 Å². The molecule has 0 bridgehead atoms. The van der Waals surface area contributed by atoms with Crippen molar-refractivity contribution in [1.82, 2.24) is 19.6 Å². The highest BCUT2D eigenvalue weighted by atomic mass is 16.3. The average Bonchev–Trinajstić information content (AvgIpc) is 2.77. The number of aliphatic hydroxyl groups excluding tert-OH is 1. The van der Waals surface area contributed by atoms with E-state index >= 15 is 0 Å². The second kappa shape index (κ2) is 5.09. The van der Waals surface area contributed by atoms with Crippen LogP contribution in [0, 0.1) is 5.92 Å². The van der Waals surface area contributed by atoms with Gasteiger partial charge in [0.25, 0.3) is 0 Å². The molecule has 2 aromatic heterocycles. The topological polar surface area (TPSA) is 75.3 Å². The van der Waals surface area contributed by atoms with Crippen molar-refractivity contribution in [3.05, 3.63) is 18.7 Å². The lowest BCUT2D eigenvalue weighted by atomic mass is 10.0. The van der Waals surface area contributed by atoms with E-state index < -0.39 is 0 Å². The zero-order chi connectivity index (χ0) is 12.3. The molecule has 2 aromatic rings. The zero-order valence-corrected chi connectivity index (χ0v) is 10.0. The first kappa shape index (κ1) is 11.8. The summed E-state index contributed by atoms with van der Waals surface area (Å²) >= 11 is 0. The van der Waals surface area contributed by atoms with E-state index in [1.54, 1.807) is 18.7 Å². The number of fused-ring (bicyclic) bond motifs is 1. The normalized spacial score (nSPS) is 13.2. The summed E-state index contributed by atoms with van der Waals surface area (Å²) < 4.78 is 1.81. The molecule has 0 saturated carbocycles. The number of aromatic nitrogens is 4. The summed E-state index contributed by atoms with van der Waals surface area (Å²) in [5.41, 5.74) is 0.705. The van der Waals surface area contributed by atoms with Crippen molar-refractivity contribution in [3.63, 3.8) is 0 Å². The molecule has 0 aliphatic heterocycles. The highest BCUT2D eigenvalue weighted by Crippen LogP contribution is 2.16. The standard InChI is InChI=1S/C11H17N5O/c1-8(2)9(3-6-17)14-10-11-15-13-7-16(11)5-4-12-10/h4-5,7-9,17H,3,6H2,1-2H3,(H,12,14). The van der Waals surface area contributed by atoms with Gasteiger partial charge in [-0.05, 0) is 12.3 Å². The predicted octanol–water partition coefficient (Wildman–Crippen LogP) is 0.943. The van der Waals surface area contributed by atoms with Crippen molar-refractivity contribution in [1.29, 1.82) is 0 Å². The Kier molecular flexibility index (Phi) is 3.53. The van der Waals surface area contributed by atoms with Gasteiger partial charge in [-0.25, -0.2) is 4.98 Å². The summed E-state index contributed by atoms with van der Waals surface area (Å²) in [4.78, 5) is 4.27. The van der Waals surface area contributed by atoms with Crippen molar-refractivity contribution in [2.75, 3.05) is 11.9 Å². The Morgan fingerprint density at radius 3 is 3.00 bits per heavy atom. The first-order valence-corrected chi connectivity index (χ1v) is 5.74. The van der Waals surface area contributed by atoms with Crippen LogP contribution in [0.4, 0.5) is 5.82 Å². The summed E-state index contributed by atoms with van der Waals surface area (Å²) in [6.45, 7) is 4.38. The molecule has 0 amide bonds. The SMILES string of the molecule is CC(C)C(CCO)Nc1nccn2cnnc12. The van der Waals surface area contributed by atoms with Crippen LogP contribution >= 0.6 is 0 Å². The van der Waals surface area contributed by atoms with Crippen LogP contribution in [-0.4, -0.2) is 37.3 Å². The van der Waals surface area contributed by atoms with Crippen LogP contribution in [0.3, 0.4) is 0 Å². The van der Waals surface area contributed by atoms with Gasteiger partial charge in [-0.3, -0.25) is 4.40 Å². The van der Waals surface area contributed by atoms with Gasteiger partial charge in [0.1, 0.15) is 6.33 Å². The third kappa shape index (κ3) is 2.52. The summed E-state index contributed by atoms with van der Waals surface area (Å²) in [5.74, 6) is 1.12. The van der Waals surface area contributed by atoms with Crippen LogP contribution in [-0.2, 0) is 0 Å². The van der Waals surface area contributed by atoms with Gasteiger partial charge in [0.05, 0.1) is 0 Å². The number of anilines is 1. The maximum Gasteiger partial charge on any atom is 0.203 e. The van der Waals surface area contributed by atoms with Gasteiger partial charge >= 0.3 is 0 Å². The first-order chi connectivity index (χ1) is 8.22. The largest absolute Gasteiger partial charge is 0.396 e. The van der Waals surface area contributed by atoms with E-state index in [4.69, 9.17) is 5.11 Å². The molecule has 0 aromatic carbocycles. The summed E-state index contributed by atoms with van der Waals surface area (Å²) in [7, 11) is 0. The van der Waals surface area contributed by atoms with Gasteiger partial charge in [0, 0.05) is 25.0 Å². The molecule has 1 atom stereocenters. The third-order valence-electron chi connectivity index (χ3n) is 2.78. The molecular formula is C11H17N5O. The Morgan fingerprint density at radius 1 is 1.47 bits per heavy atom. The molecule has 0 spiro atoms. The number of rotatable bonds is 5. The molecule has 17 heavy (non-hydrogen) atoms. The fourth-order valence-electron chi connectivity index (χ4n) is 1.75. The highest BCUT2D eigenvalue weighted by Gasteiger charge is 2.15. The predicted molar refractivity (Wildman–Crippen MR) is 64.7 cm³/mol. The van der Waals surface area contributed by atoms with Crippen LogP contribution in [0.5, 0.6) is 0 Å². The zero-order valence-electron chi connectivity index (χ0n) is 10.0. The second-order valence-corrected chi connectivity index (χ2v) is 4.34. The average molecular weight is 235 g/mol. The Balaban J connectivity index is 2.24. The van der Waals surface area contributed by atoms with E-state index in [-0.39, 0.29) is 12.6 Å². The molecule has 0 radical (unpaired) electrons. The van der Waals surface area contributed by atoms with Crippen molar-refractivity contribution in [2.45, 2.75) is 26.3 Å². The summed E-state index contributed by atoms with van der Waals surface area (Å²) in [6, 6.07) is 0.176. The maximum atomic E-state index is 9.04. The van der Waals surface area contributed by atoms with Gasteiger partial charge < -0.3 is 10.4 Å². The van der Waals surface area contributed by atoms with Crippen molar-refractivity contribution in [3.8, 4) is 0 Å². The molecule has 0 aliphatic rings. The fraction of sp³-hybridized carbons (Fsp3) is 0.545. The van der Waals surface area contributed by atoms with E-state index in [0.717, 1.165) is 0 Å². The minimum Gasteiger partial charge on any atom is -0.396 e. The highest BCUT2D eigenvalue weighted by molar-refractivity contribution is 5.61. The van der Waals surface area contributed by atoms with E-state index in [2.05, 4.69) is 34.3 Å². The Hall–Kier alpha value is -1.69. The van der Waals surface area contributed by atoms with Gasteiger partial charge in [-0.1, -0.05) is 13.8 Å². The molecular weight excluding hydrogens is 218 g/mol. The molecule has 0 fully saturated rings. The van der Waals surface area contributed by atoms with Crippen LogP contribution in [0.1, 0.15) is 20.3 Å². The Labute approximate surface area is 99.7 Å². The molecule has 1 unspecified atom stereocenters. The Bertz CT molecular complexity index is 481. The van der Waals surface area contributed by atoms with Crippen LogP contribution in [0.15, 0.2) is 18.7 Å². The van der Waals surface area contributed by atoms with Crippen LogP contribution in [0.25, 0.3) is 5.65 Å². The lowest BCUT2D eigenvalue weighted by Crippen LogP contribution is -2.27. The van der Waals surface area contributed by atoms with Crippen molar-refractivity contribution < 1.29 is 5.11 Å². The molecule has 2 rings (SSSR count). The maximum absolute atomic E-state index is 9.04. The van der Waals surface area contributed by atoms with Crippen LogP contribution in [0.2, 0.25) is 0 Å². The number of hydrogen-bond donors (Lipinski definition) is 2. The number of aliphatic hydroxyl groups is 1. The van der Waals surface area contributed by atoms with Gasteiger partial charge in [-0.15, -0.1) is 10.2 Å². The third-order valence-corrected chi connectivity index (χ3v) is 2.78. The smallest absolute Gasteiger partial charge is 0.203 e. The quantitative estimate of drug-likeness (QED) is 0.806. The van der Waals surface area contributed by atoms with Crippen molar-refractivity contribution in [2.24, 2.45) is 5.92 Å². The van der Waals surface area contributed by atoms with Gasteiger partial charge in [0.2, 0.25) is 5.65 Å². The molecule has 6 nitrogen and oxygen atoms in total. The van der Waals surface area contributed by atoms with E-state index in [0.29, 0.717) is 23.8 Å². The minimum absolute atomic E-state index is 0.158. The molecule has 92 valence electrons. The van der Waals surface area contributed by atoms with Gasteiger partial charge in [-0.2, -0.15) is 0 Å². The molecule has 2 heterocycles. The molecule has 0 saturated heterocycles. The Morgan fingerprint density at radius 2 is 2.29 bits per heavy atom. The summed E-state index contributed by atoms with van der Waals surface area (Å²) in [5, 5.41) is 20.2. The number of nitrogens with one attached hydrogen (secondary N) is 1. The summed E-state index contributed by atoms with van der Waals surface area (Å²) in [6.07, 6.45) is 5.83. The second-order valence-electron chi connectivity index (χ2n) is 4.34. The van der Waals surface area contributed by atoms with E-state index in [1.807, 2.05) is 4.40 Å². The van der Waals surface area contributed by atoms with Crippen molar-refractivity contribution >= 4 is 11.5 Å².